The summed E-state index contributed by atoms with van der Waals surface area (Å²) in [5, 5.41) is 0. The van der Waals surface area contributed by atoms with E-state index in [1.54, 1.807) is 4.67 Å². The number of hydrogen-bond acceptors (Lipinski definition) is 4. The van der Waals surface area contributed by atoms with Gasteiger partial charge in [0, 0.05) is 18.7 Å². The van der Waals surface area contributed by atoms with Crippen LogP contribution in [-0.2, 0) is 9.36 Å². The maximum Gasteiger partial charge on any atom is 0.282 e. The van der Waals surface area contributed by atoms with Gasteiger partial charge in [-0.25, -0.2) is 0 Å². The van der Waals surface area contributed by atoms with Crippen molar-refractivity contribution < 1.29 is 9.36 Å². The molecule has 0 aromatic heterocycles. The highest BCUT2D eigenvalue weighted by molar-refractivity contribution is 9.24. The Labute approximate surface area is 192 Å². The average molecular weight is 567 g/mol. The largest absolute Gasteiger partial charge is 0.282 e. The number of hydrogen-bond donors (Lipinski definition) is 0. The lowest BCUT2D eigenvalue weighted by Crippen LogP contribution is -2.27. The number of rotatable bonds is 18. The maximum absolute atomic E-state index is 13.5. The molecular weight excluding hydrogens is 529 g/mol. The molecule has 0 aromatic rings. The molecule has 3 nitrogen and oxygen atoms in total. The van der Waals surface area contributed by atoms with Gasteiger partial charge in [0.15, 0.2) is 0 Å². The van der Waals surface area contributed by atoms with Crippen molar-refractivity contribution in [1.29, 1.82) is 0 Å². The summed E-state index contributed by atoms with van der Waals surface area (Å²) in [5.74, 6) is 0.962. The number of amides is 1. The molecule has 0 aromatic carbocycles. The molecule has 0 N–H and O–H groups in total. The molecule has 0 spiro atoms. The Kier molecular flexibility index (Phi) is 19.1. The average Bonchev–Trinajstić information content (AvgIpc) is 2.64. The van der Waals surface area contributed by atoms with Gasteiger partial charge < -0.3 is 0 Å². The van der Waals surface area contributed by atoms with Crippen LogP contribution in [0.2, 0.25) is 0 Å². The molecule has 1 amide bonds. The third-order valence-electron chi connectivity index (χ3n) is 4.35. The molecule has 0 heterocycles. The van der Waals surface area contributed by atoms with Gasteiger partial charge in [0.2, 0.25) is 5.91 Å². The van der Waals surface area contributed by atoms with E-state index < -0.39 is 5.70 Å². The van der Waals surface area contributed by atoms with E-state index in [-0.39, 0.29) is 5.91 Å². The van der Waals surface area contributed by atoms with Crippen LogP contribution in [0.25, 0.3) is 0 Å². The molecule has 0 fully saturated rings. The predicted octanol–water partition coefficient (Wildman–Crippen LogP) is 8.86. The molecule has 27 heavy (non-hydrogen) atoms. The molecule has 0 saturated carbocycles. The van der Waals surface area contributed by atoms with Gasteiger partial charge >= 0.3 is 0 Å². The van der Waals surface area contributed by atoms with Crippen LogP contribution in [0.1, 0.15) is 90.9 Å². The van der Waals surface area contributed by atoms with E-state index in [9.17, 15) is 9.36 Å². The maximum atomic E-state index is 13.5. The number of carbonyl (C=O) groups excluding carboxylic acids is 1. The molecule has 0 aliphatic rings. The molecule has 0 aliphatic heterocycles. The molecule has 0 radical (unpaired) electrons. The lowest BCUT2D eigenvalue weighted by Gasteiger charge is -2.30. The fourth-order valence-electron chi connectivity index (χ4n) is 2.71. The van der Waals surface area contributed by atoms with Crippen LogP contribution in [0.5, 0.6) is 0 Å². The quantitative estimate of drug-likeness (QED) is 0.0942. The first-order valence-electron chi connectivity index (χ1n) is 10.3. The van der Waals surface area contributed by atoms with Crippen LogP contribution in [0.4, 0.5) is 0 Å². The van der Waals surface area contributed by atoms with E-state index in [0.717, 1.165) is 63.5 Å². The lowest BCUT2D eigenvalue weighted by atomic mass is 10.1. The zero-order chi connectivity index (χ0) is 20.5. The van der Waals surface area contributed by atoms with E-state index >= 15 is 0 Å². The summed E-state index contributed by atoms with van der Waals surface area (Å²) < 4.78 is 15.7. The predicted molar refractivity (Wildman–Crippen MR) is 134 cm³/mol. The van der Waals surface area contributed by atoms with Gasteiger partial charge in [0.25, 0.3) is 5.70 Å². The van der Waals surface area contributed by atoms with E-state index in [4.69, 9.17) is 0 Å². The molecule has 1 atom stereocenters. The van der Waals surface area contributed by atoms with Crippen molar-refractivity contribution in [3.63, 3.8) is 0 Å². The van der Waals surface area contributed by atoms with Crippen molar-refractivity contribution in [3.05, 3.63) is 0 Å². The molecule has 162 valence electrons. The summed E-state index contributed by atoms with van der Waals surface area (Å²) in [7, 11) is 0. The van der Waals surface area contributed by atoms with Crippen molar-refractivity contribution in [2.24, 2.45) is 0 Å². The van der Waals surface area contributed by atoms with Gasteiger partial charge in [-0.05, 0) is 31.9 Å². The van der Waals surface area contributed by atoms with Gasteiger partial charge in [0.05, 0.1) is 3.74 Å². The molecule has 1 unspecified atom stereocenters. The fourth-order valence-corrected chi connectivity index (χ4v) is 10.2. The SMILES string of the molecule is CCCCCCN(C(=O)CCCCCC(Br)Br)P(=O)(SC)SCCCCC. The van der Waals surface area contributed by atoms with Crippen molar-refractivity contribution >= 4 is 66.2 Å². The zero-order valence-electron chi connectivity index (χ0n) is 17.3. The standard InChI is InChI=1S/C19H38Br2NO2PS2/c1-4-6-8-12-16-22(19(23)15-11-9-10-14-18(20)21)25(24,26-3)27-17-13-7-5-2/h18H,4-17H2,1-3H3. The lowest BCUT2D eigenvalue weighted by molar-refractivity contribution is -0.126. The highest BCUT2D eigenvalue weighted by atomic mass is 79.9. The Hall–Kier alpha value is 1.36. The van der Waals surface area contributed by atoms with Crippen molar-refractivity contribution in [1.82, 2.24) is 4.67 Å². The fraction of sp³-hybridized carbons (Fsp3) is 0.947. The van der Waals surface area contributed by atoms with Crippen LogP contribution in [-0.4, -0.2) is 32.9 Å². The van der Waals surface area contributed by atoms with Gasteiger partial charge in [-0.2, -0.15) is 0 Å². The highest BCUT2D eigenvalue weighted by Crippen LogP contribution is 2.70. The second-order valence-corrected chi connectivity index (χ2v) is 18.2. The monoisotopic (exact) mass is 565 g/mol. The van der Waals surface area contributed by atoms with Crippen LogP contribution in [0.3, 0.4) is 0 Å². The normalized spacial score (nSPS) is 13.7. The van der Waals surface area contributed by atoms with E-state index in [0.29, 0.717) is 16.7 Å². The topological polar surface area (TPSA) is 37.4 Å². The van der Waals surface area contributed by atoms with Crippen LogP contribution in [0, 0.1) is 0 Å². The molecular formula is C19H38Br2NO2PS2. The summed E-state index contributed by atoms with van der Waals surface area (Å²) in [5.41, 5.74) is -2.72. The Morgan fingerprint density at radius 3 is 2.19 bits per heavy atom. The third kappa shape index (κ3) is 14.1. The zero-order valence-corrected chi connectivity index (χ0v) is 23.0. The van der Waals surface area contributed by atoms with Crippen LogP contribution < -0.4 is 0 Å². The first-order chi connectivity index (χ1) is 12.9. The minimum Gasteiger partial charge on any atom is -0.277 e. The summed E-state index contributed by atoms with van der Waals surface area (Å²) in [6, 6.07) is 0. The van der Waals surface area contributed by atoms with Gasteiger partial charge in [-0.3, -0.25) is 14.0 Å². The van der Waals surface area contributed by atoms with E-state index in [1.165, 1.54) is 35.6 Å². The van der Waals surface area contributed by atoms with E-state index in [2.05, 4.69) is 45.7 Å². The molecule has 0 saturated heterocycles. The summed E-state index contributed by atoms with van der Waals surface area (Å²) in [6.45, 7) is 5.00. The number of nitrogens with zero attached hydrogens (tertiary/aromatic N) is 1. The van der Waals surface area contributed by atoms with Crippen molar-refractivity contribution in [3.8, 4) is 0 Å². The minimum absolute atomic E-state index is 0.0846. The second-order valence-electron chi connectivity index (χ2n) is 6.76. The summed E-state index contributed by atoms with van der Waals surface area (Å²) >= 11 is 9.89. The third-order valence-corrected chi connectivity index (χ3v) is 13.9. The van der Waals surface area contributed by atoms with Gasteiger partial charge in [-0.15, -0.1) is 0 Å². The van der Waals surface area contributed by atoms with Gasteiger partial charge in [0.1, 0.15) is 0 Å². The first-order valence-corrected chi connectivity index (χ1v) is 17.2. The van der Waals surface area contributed by atoms with Gasteiger partial charge in [-0.1, -0.05) is 113 Å². The number of carbonyl (C=O) groups is 1. The Balaban J connectivity index is 4.74. The first kappa shape index (κ1) is 28.4. The minimum atomic E-state index is -2.72. The number of halogens is 2. The Morgan fingerprint density at radius 2 is 1.59 bits per heavy atom. The van der Waals surface area contributed by atoms with Crippen LogP contribution in [0.15, 0.2) is 0 Å². The number of alkyl halides is 2. The highest BCUT2D eigenvalue weighted by Gasteiger charge is 2.33. The summed E-state index contributed by atoms with van der Waals surface area (Å²) in [6.07, 6.45) is 14.3. The number of unbranched alkanes of at least 4 members (excludes halogenated alkanes) is 7. The Morgan fingerprint density at radius 1 is 0.963 bits per heavy atom. The summed E-state index contributed by atoms with van der Waals surface area (Å²) in [4.78, 5) is 12.9. The second kappa shape index (κ2) is 18.2. The van der Waals surface area contributed by atoms with Crippen molar-refractivity contribution in [2.75, 3.05) is 18.6 Å². The van der Waals surface area contributed by atoms with Crippen molar-refractivity contribution in [2.45, 2.75) is 94.6 Å². The molecule has 0 rings (SSSR count). The molecule has 0 bridgehead atoms. The van der Waals surface area contributed by atoms with E-state index in [1.807, 2.05) is 6.26 Å². The Bertz CT molecular complexity index is 429. The van der Waals surface area contributed by atoms with Crippen LogP contribution >= 0.6 is 60.3 Å². The smallest absolute Gasteiger partial charge is 0.277 e. The molecule has 0 aliphatic carbocycles. The molecule has 8 heteroatoms.